The Morgan fingerprint density at radius 3 is 2.76 bits per heavy atom. The third-order valence-corrected chi connectivity index (χ3v) is 4.61. The minimum atomic E-state index is -0.511. The van der Waals surface area contributed by atoms with E-state index in [0.29, 0.717) is 6.42 Å². The van der Waals surface area contributed by atoms with Gasteiger partial charge in [-0.25, -0.2) is 0 Å². The molecule has 2 aromatic carbocycles. The van der Waals surface area contributed by atoms with E-state index in [1.54, 1.807) is 6.20 Å². The fourth-order valence-corrected chi connectivity index (χ4v) is 2.78. The van der Waals surface area contributed by atoms with E-state index in [1.807, 2.05) is 49.4 Å². The molecule has 0 fully saturated rings. The highest BCUT2D eigenvalue weighted by Gasteiger charge is 2.12. The van der Waals surface area contributed by atoms with Gasteiger partial charge in [-0.3, -0.25) is 4.98 Å². The Balaban J connectivity index is 1.92. The van der Waals surface area contributed by atoms with Gasteiger partial charge in [0.15, 0.2) is 0 Å². The van der Waals surface area contributed by atoms with Crippen molar-refractivity contribution < 1.29 is 5.11 Å². The largest absolute Gasteiger partial charge is 0.388 e. The van der Waals surface area contributed by atoms with Crippen LogP contribution in [0.5, 0.6) is 0 Å². The fourth-order valence-electron chi connectivity index (χ4n) is 2.53. The number of pyridine rings is 1. The zero-order chi connectivity index (χ0) is 14.8. The third-order valence-electron chi connectivity index (χ3n) is 3.72. The molecule has 0 amide bonds. The van der Waals surface area contributed by atoms with Crippen LogP contribution in [0.3, 0.4) is 0 Å². The fraction of sp³-hybridized carbons (Fsp3) is 0.167. The monoisotopic (exact) mass is 341 g/mol. The number of hydrogen-bond acceptors (Lipinski definition) is 2. The molecule has 0 saturated carbocycles. The van der Waals surface area contributed by atoms with Crippen molar-refractivity contribution in [2.75, 3.05) is 0 Å². The molecule has 1 N–H and O–H groups in total. The maximum Gasteiger partial charge on any atom is 0.0830 e. The number of nitrogens with zero attached hydrogens (tertiary/aromatic N) is 1. The molecule has 3 rings (SSSR count). The third kappa shape index (κ3) is 2.99. The van der Waals surface area contributed by atoms with E-state index in [9.17, 15) is 5.11 Å². The van der Waals surface area contributed by atoms with Gasteiger partial charge in [0, 0.05) is 22.5 Å². The van der Waals surface area contributed by atoms with Gasteiger partial charge in [0.2, 0.25) is 0 Å². The molecule has 1 unspecified atom stereocenters. The van der Waals surface area contributed by atoms with Gasteiger partial charge in [0.1, 0.15) is 0 Å². The number of aliphatic hydroxyl groups excluding tert-OH is 1. The number of fused-ring (bicyclic) bond motifs is 1. The van der Waals surface area contributed by atoms with Gasteiger partial charge in [-0.1, -0.05) is 46.3 Å². The summed E-state index contributed by atoms with van der Waals surface area (Å²) < 4.78 is 1.06. The van der Waals surface area contributed by atoms with Crippen molar-refractivity contribution in [1.82, 2.24) is 4.98 Å². The Bertz CT molecular complexity index is 780. The molecule has 106 valence electrons. The maximum absolute atomic E-state index is 10.5. The van der Waals surface area contributed by atoms with Crippen molar-refractivity contribution in [2.24, 2.45) is 0 Å². The van der Waals surface area contributed by atoms with Crippen LogP contribution in [0.25, 0.3) is 10.9 Å². The first-order valence-electron chi connectivity index (χ1n) is 6.92. The molecule has 0 aliphatic heterocycles. The molecule has 1 atom stereocenters. The first kappa shape index (κ1) is 14.2. The standard InChI is InChI=1S/C18H16BrNO/c1-12-10-14(6-7-16(12)19)18(21)11-13-8-9-20-17-5-3-2-4-15(13)17/h2-10,18,21H,11H2,1H3. The Morgan fingerprint density at radius 2 is 1.95 bits per heavy atom. The Hall–Kier alpha value is -1.71. The second-order valence-corrected chi connectivity index (χ2v) is 6.07. The average molecular weight is 342 g/mol. The summed E-state index contributed by atoms with van der Waals surface area (Å²) in [6, 6.07) is 16.0. The van der Waals surface area contributed by atoms with E-state index >= 15 is 0 Å². The lowest BCUT2D eigenvalue weighted by molar-refractivity contribution is 0.179. The van der Waals surface area contributed by atoms with Crippen molar-refractivity contribution >= 4 is 26.8 Å². The zero-order valence-corrected chi connectivity index (χ0v) is 13.3. The molecule has 3 heteroatoms. The van der Waals surface area contributed by atoms with Crippen LogP contribution in [-0.2, 0) is 6.42 Å². The highest BCUT2D eigenvalue weighted by Crippen LogP contribution is 2.26. The highest BCUT2D eigenvalue weighted by atomic mass is 79.9. The number of para-hydroxylation sites is 1. The van der Waals surface area contributed by atoms with E-state index in [4.69, 9.17) is 0 Å². The van der Waals surface area contributed by atoms with Crippen LogP contribution in [-0.4, -0.2) is 10.1 Å². The van der Waals surface area contributed by atoms with Crippen LogP contribution in [0.15, 0.2) is 59.2 Å². The van der Waals surface area contributed by atoms with Crippen LogP contribution in [0.2, 0.25) is 0 Å². The molecule has 0 bridgehead atoms. The highest BCUT2D eigenvalue weighted by molar-refractivity contribution is 9.10. The molecule has 0 saturated heterocycles. The summed E-state index contributed by atoms with van der Waals surface area (Å²) in [7, 11) is 0. The van der Waals surface area contributed by atoms with Gasteiger partial charge in [-0.05, 0) is 41.8 Å². The Labute approximate surface area is 132 Å². The predicted molar refractivity (Wildman–Crippen MR) is 89.3 cm³/mol. The molecule has 0 spiro atoms. The van der Waals surface area contributed by atoms with Crippen molar-refractivity contribution in [3.05, 3.63) is 75.9 Å². The first-order chi connectivity index (χ1) is 10.1. The number of aryl methyl sites for hydroxylation is 1. The predicted octanol–water partition coefficient (Wildman–Crippen LogP) is 4.58. The quantitative estimate of drug-likeness (QED) is 0.756. The Kier molecular flexibility index (Phi) is 4.04. The molecule has 21 heavy (non-hydrogen) atoms. The summed E-state index contributed by atoms with van der Waals surface area (Å²) in [5.41, 5.74) is 4.16. The number of benzene rings is 2. The van der Waals surface area contributed by atoms with Gasteiger partial charge >= 0.3 is 0 Å². The van der Waals surface area contributed by atoms with E-state index in [-0.39, 0.29) is 0 Å². The number of halogens is 1. The van der Waals surface area contributed by atoms with Crippen LogP contribution >= 0.6 is 15.9 Å². The van der Waals surface area contributed by atoms with Gasteiger partial charge in [0.05, 0.1) is 11.6 Å². The van der Waals surface area contributed by atoms with Crippen LogP contribution in [0.1, 0.15) is 22.8 Å². The van der Waals surface area contributed by atoms with Crippen molar-refractivity contribution in [2.45, 2.75) is 19.4 Å². The maximum atomic E-state index is 10.5. The number of hydrogen-bond donors (Lipinski definition) is 1. The van der Waals surface area contributed by atoms with Crippen molar-refractivity contribution in [1.29, 1.82) is 0 Å². The summed E-state index contributed by atoms with van der Waals surface area (Å²) in [4.78, 5) is 4.36. The lowest BCUT2D eigenvalue weighted by atomic mass is 9.98. The molecule has 0 radical (unpaired) electrons. The molecule has 2 nitrogen and oxygen atoms in total. The average Bonchev–Trinajstić information content (AvgIpc) is 2.50. The van der Waals surface area contributed by atoms with Gasteiger partial charge in [-0.2, -0.15) is 0 Å². The molecule has 3 aromatic rings. The second-order valence-electron chi connectivity index (χ2n) is 5.22. The lowest BCUT2D eigenvalue weighted by Gasteiger charge is -2.14. The summed E-state index contributed by atoms with van der Waals surface area (Å²) in [5, 5.41) is 11.6. The van der Waals surface area contributed by atoms with Crippen LogP contribution < -0.4 is 0 Å². The minimum absolute atomic E-state index is 0.511. The topological polar surface area (TPSA) is 33.1 Å². The van der Waals surface area contributed by atoms with Gasteiger partial charge in [0.25, 0.3) is 0 Å². The number of aliphatic hydroxyl groups is 1. The molecule has 1 aromatic heterocycles. The van der Waals surface area contributed by atoms with Crippen molar-refractivity contribution in [3.8, 4) is 0 Å². The second kappa shape index (κ2) is 5.96. The molecule has 1 heterocycles. The summed E-state index contributed by atoms with van der Waals surface area (Å²) >= 11 is 3.49. The summed E-state index contributed by atoms with van der Waals surface area (Å²) in [6.45, 7) is 2.03. The van der Waals surface area contributed by atoms with Crippen molar-refractivity contribution in [3.63, 3.8) is 0 Å². The normalized spacial score (nSPS) is 12.5. The van der Waals surface area contributed by atoms with E-state index in [0.717, 1.165) is 32.1 Å². The molecule has 0 aliphatic carbocycles. The van der Waals surface area contributed by atoms with E-state index in [1.165, 1.54) is 0 Å². The lowest BCUT2D eigenvalue weighted by Crippen LogP contribution is -2.03. The number of rotatable bonds is 3. The molecule has 0 aliphatic rings. The van der Waals surface area contributed by atoms with Gasteiger partial charge in [-0.15, -0.1) is 0 Å². The van der Waals surface area contributed by atoms with E-state index in [2.05, 4.69) is 27.0 Å². The number of aromatic nitrogens is 1. The minimum Gasteiger partial charge on any atom is -0.388 e. The van der Waals surface area contributed by atoms with Crippen LogP contribution in [0, 0.1) is 6.92 Å². The smallest absolute Gasteiger partial charge is 0.0830 e. The SMILES string of the molecule is Cc1cc(C(O)Cc2ccnc3ccccc23)ccc1Br. The van der Waals surface area contributed by atoms with Crippen LogP contribution in [0.4, 0.5) is 0 Å². The van der Waals surface area contributed by atoms with E-state index < -0.39 is 6.10 Å². The molecular formula is C18H16BrNO. The first-order valence-corrected chi connectivity index (χ1v) is 7.71. The summed E-state index contributed by atoms with van der Waals surface area (Å²) in [6.07, 6.45) is 1.88. The summed E-state index contributed by atoms with van der Waals surface area (Å²) in [5.74, 6) is 0. The van der Waals surface area contributed by atoms with Gasteiger partial charge < -0.3 is 5.11 Å². The molecular weight excluding hydrogens is 326 g/mol. The zero-order valence-electron chi connectivity index (χ0n) is 11.8. The Morgan fingerprint density at radius 1 is 1.14 bits per heavy atom.